The van der Waals surface area contributed by atoms with Crippen LogP contribution >= 0.6 is 0 Å². The molecule has 0 unspecified atom stereocenters. The van der Waals surface area contributed by atoms with Crippen molar-refractivity contribution in [2.45, 2.75) is 167 Å². The van der Waals surface area contributed by atoms with Gasteiger partial charge in [-0.3, -0.25) is 9.59 Å². The smallest absolute Gasteiger partial charge is 0.314 e. The van der Waals surface area contributed by atoms with Gasteiger partial charge in [0.2, 0.25) is 0 Å². The molecule has 13 heteroatoms. The molecule has 6 aliphatic rings. The molecule has 5 fully saturated rings. The SMILES string of the molecule is CC(=O)O[C@@H]1[C@H](O[C@@H]2[C@@H](O)[C@H](O[C@H]3CC[C@@]4(C(=O)O)C(=CC[C@@H]5[C@@H]4CC[C@]4(C)[C@@H]([C@H](C)CCCC(C)C)CC[C@@H]54)C3)O[C@H](CO)[C@H]2O)O[C@H](CO)[C@H]1O. The van der Waals surface area contributed by atoms with Crippen LogP contribution in [0.1, 0.15) is 105 Å². The highest BCUT2D eigenvalue weighted by atomic mass is 16.7. The molecule has 0 spiro atoms. The number of fused-ring (bicyclic) bond motifs is 5. The number of carboxylic acid groups (broad SMARTS) is 1. The molecule has 6 N–H and O–H groups in total. The maximum Gasteiger partial charge on any atom is 0.314 e. The molecule has 3 saturated carbocycles. The molecule has 13 nitrogen and oxygen atoms in total. The second-order valence-electron chi connectivity index (χ2n) is 17.7. The Hall–Kier alpha value is -1.68. The van der Waals surface area contributed by atoms with Crippen LogP contribution < -0.4 is 0 Å². The molecule has 4 aliphatic carbocycles. The van der Waals surface area contributed by atoms with Crippen LogP contribution in [0.25, 0.3) is 0 Å². The Morgan fingerprint density at radius 3 is 2.19 bits per heavy atom. The molecule has 0 bridgehead atoms. The molecule has 302 valence electrons. The zero-order valence-electron chi connectivity index (χ0n) is 32.0. The molecular formula is C40H64O13. The van der Waals surface area contributed by atoms with E-state index in [0.29, 0.717) is 48.9 Å². The molecule has 6 rings (SSSR count). The number of hydrogen-bond acceptors (Lipinski definition) is 12. The summed E-state index contributed by atoms with van der Waals surface area (Å²) in [6.07, 6.45) is -0.813. The van der Waals surface area contributed by atoms with E-state index in [1.165, 1.54) is 25.7 Å². The maximum absolute atomic E-state index is 13.4. The molecule has 0 radical (unpaired) electrons. The lowest BCUT2D eigenvalue weighted by molar-refractivity contribution is -0.338. The molecule has 2 aliphatic heterocycles. The number of aliphatic hydroxyl groups excluding tert-OH is 5. The third kappa shape index (κ3) is 7.60. The zero-order valence-corrected chi connectivity index (χ0v) is 32.0. The summed E-state index contributed by atoms with van der Waals surface area (Å²) in [5.74, 6) is 1.41. The summed E-state index contributed by atoms with van der Waals surface area (Å²) in [7, 11) is 0. The van der Waals surface area contributed by atoms with Crippen LogP contribution in [-0.4, -0.2) is 117 Å². The first-order valence-electron chi connectivity index (χ1n) is 20.1. The minimum absolute atomic E-state index is 0.0481. The van der Waals surface area contributed by atoms with Gasteiger partial charge in [0.05, 0.1) is 24.7 Å². The van der Waals surface area contributed by atoms with E-state index in [0.717, 1.165) is 38.2 Å². The van der Waals surface area contributed by atoms with Gasteiger partial charge in [-0.2, -0.15) is 0 Å². The first-order valence-corrected chi connectivity index (χ1v) is 20.1. The fraction of sp³-hybridized carbons (Fsp3) is 0.900. The number of carbonyl (C=O) groups excluding carboxylic acids is 1. The number of hydrogen-bond donors (Lipinski definition) is 6. The number of esters is 1. The van der Waals surface area contributed by atoms with Crippen LogP contribution in [0.3, 0.4) is 0 Å². The topological polar surface area (TPSA) is 202 Å². The number of rotatable bonds is 13. The Morgan fingerprint density at radius 2 is 1.55 bits per heavy atom. The molecule has 53 heavy (non-hydrogen) atoms. The van der Waals surface area contributed by atoms with Gasteiger partial charge in [0.15, 0.2) is 18.7 Å². The Bertz CT molecular complexity index is 1320. The fourth-order valence-corrected chi connectivity index (χ4v) is 11.8. The van der Waals surface area contributed by atoms with Crippen molar-refractivity contribution in [1.29, 1.82) is 0 Å². The number of ether oxygens (including phenoxy) is 5. The number of aliphatic carboxylic acids is 1. The van der Waals surface area contributed by atoms with Crippen molar-refractivity contribution in [3.05, 3.63) is 11.6 Å². The minimum Gasteiger partial charge on any atom is -0.481 e. The Kier molecular flexibility index (Phi) is 12.7. The summed E-state index contributed by atoms with van der Waals surface area (Å²) in [5.41, 5.74) is 0.123. The van der Waals surface area contributed by atoms with E-state index in [1.54, 1.807) is 0 Å². The molecule has 0 amide bonds. The second kappa shape index (κ2) is 16.4. The zero-order chi connectivity index (χ0) is 38.4. The number of aliphatic hydroxyl groups is 5. The van der Waals surface area contributed by atoms with E-state index >= 15 is 0 Å². The maximum atomic E-state index is 13.4. The van der Waals surface area contributed by atoms with Crippen molar-refractivity contribution in [2.24, 2.45) is 46.3 Å². The van der Waals surface area contributed by atoms with E-state index in [-0.39, 0.29) is 11.3 Å². The monoisotopic (exact) mass is 752 g/mol. The lowest BCUT2D eigenvalue weighted by Gasteiger charge is -2.58. The lowest BCUT2D eigenvalue weighted by Crippen LogP contribution is -2.62. The lowest BCUT2D eigenvalue weighted by atomic mass is 9.46. The van der Waals surface area contributed by atoms with Crippen LogP contribution in [0.5, 0.6) is 0 Å². The van der Waals surface area contributed by atoms with Gasteiger partial charge >= 0.3 is 11.9 Å². The summed E-state index contributed by atoms with van der Waals surface area (Å²) >= 11 is 0. The van der Waals surface area contributed by atoms with Crippen molar-refractivity contribution in [3.8, 4) is 0 Å². The van der Waals surface area contributed by atoms with Gasteiger partial charge in [0, 0.05) is 6.92 Å². The Labute approximate surface area is 313 Å². The quantitative estimate of drug-likeness (QED) is 0.118. The van der Waals surface area contributed by atoms with Gasteiger partial charge < -0.3 is 54.3 Å². The van der Waals surface area contributed by atoms with Crippen LogP contribution in [0.2, 0.25) is 0 Å². The second-order valence-corrected chi connectivity index (χ2v) is 17.7. The highest BCUT2D eigenvalue weighted by molar-refractivity contribution is 5.80. The van der Waals surface area contributed by atoms with Crippen LogP contribution in [-0.2, 0) is 33.3 Å². The minimum atomic E-state index is -1.60. The Balaban J connectivity index is 1.15. The molecule has 0 aromatic heterocycles. The average Bonchev–Trinajstić information content (AvgIpc) is 3.62. The first kappa shape index (κ1) is 41.0. The average molecular weight is 753 g/mol. The van der Waals surface area contributed by atoms with Gasteiger partial charge in [0.25, 0.3) is 0 Å². The van der Waals surface area contributed by atoms with E-state index in [4.69, 9.17) is 23.7 Å². The molecular weight excluding hydrogens is 688 g/mol. The van der Waals surface area contributed by atoms with Gasteiger partial charge in [-0.15, -0.1) is 0 Å². The third-order valence-electron chi connectivity index (χ3n) is 14.4. The van der Waals surface area contributed by atoms with Gasteiger partial charge in [-0.1, -0.05) is 58.6 Å². The third-order valence-corrected chi connectivity index (χ3v) is 14.4. The van der Waals surface area contributed by atoms with E-state index < -0.39 is 92.0 Å². The van der Waals surface area contributed by atoms with Crippen LogP contribution in [0.4, 0.5) is 0 Å². The summed E-state index contributed by atoms with van der Waals surface area (Å²) in [5, 5.41) is 63.7. The summed E-state index contributed by atoms with van der Waals surface area (Å²) < 4.78 is 28.8. The van der Waals surface area contributed by atoms with Crippen LogP contribution in [0, 0.1) is 46.3 Å². The van der Waals surface area contributed by atoms with E-state index in [9.17, 15) is 40.2 Å². The predicted molar refractivity (Wildman–Crippen MR) is 190 cm³/mol. The molecule has 0 aromatic carbocycles. The molecule has 2 saturated heterocycles. The van der Waals surface area contributed by atoms with E-state index in [1.807, 2.05) is 0 Å². The van der Waals surface area contributed by atoms with Gasteiger partial charge in [-0.05, 0) is 92.3 Å². The van der Waals surface area contributed by atoms with Gasteiger partial charge in [-0.25, -0.2) is 0 Å². The predicted octanol–water partition coefficient (Wildman–Crippen LogP) is 3.31. The number of carboxylic acids is 1. The highest BCUT2D eigenvalue weighted by Crippen LogP contribution is 2.67. The molecule has 0 aromatic rings. The van der Waals surface area contributed by atoms with Gasteiger partial charge in [0.1, 0.15) is 36.6 Å². The highest BCUT2D eigenvalue weighted by Gasteiger charge is 2.63. The number of carbonyl (C=O) groups is 2. The van der Waals surface area contributed by atoms with Crippen molar-refractivity contribution >= 4 is 11.9 Å². The fourth-order valence-electron chi connectivity index (χ4n) is 11.8. The normalized spacial score (nSPS) is 45.9. The van der Waals surface area contributed by atoms with Crippen molar-refractivity contribution in [1.82, 2.24) is 0 Å². The largest absolute Gasteiger partial charge is 0.481 e. The molecule has 2 heterocycles. The molecule has 17 atom stereocenters. The van der Waals surface area contributed by atoms with E-state index in [2.05, 4.69) is 33.8 Å². The summed E-state index contributed by atoms with van der Waals surface area (Å²) in [6, 6.07) is 0. The van der Waals surface area contributed by atoms with Crippen molar-refractivity contribution in [3.63, 3.8) is 0 Å². The Morgan fingerprint density at radius 1 is 0.868 bits per heavy atom. The van der Waals surface area contributed by atoms with Crippen LogP contribution in [0.15, 0.2) is 11.6 Å². The number of allylic oxidation sites excluding steroid dienone is 1. The summed E-state index contributed by atoms with van der Waals surface area (Å²) in [4.78, 5) is 25.2. The van der Waals surface area contributed by atoms with Crippen molar-refractivity contribution < 1.29 is 63.9 Å². The standard InChI is InChI=1S/C40H64O13/c1-20(2)7-6-8-21(3)26-11-12-27-25-10-9-23-17-24(13-16-40(23,38(47)48)28(25)14-15-39(26,27)5)50-36-33(46)34(31(44)29(18-41)51-36)53-37-35(49-22(4)43)32(45)30(19-42)52-37/h9,20-21,24-37,41-42,44-46H,6-8,10-19H2,1-5H3,(H,47,48)/t21-,24+,25+,26-,27+,28+,29-,30-,31-,32-,33-,34+,35+,36-,37+,39-,40-/m1/s1. The summed E-state index contributed by atoms with van der Waals surface area (Å²) in [6.45, 7) is 9.41. The first-order chi connectivity index (χ1) is 25.2. The van der Waals surface area contributed by atoms with Crippen molar-refractivity contribution in [2.75, 3.05) is 13.2 Å².